The quantitative estimate of drug-likeness (QED) is 0.478. The van der Waals surface area contributed by atoms with Crippen molar-refractivity contribution in [1.29, 1.82) is 5.26 Å². The molecule has 0 aliphatic rings. The van der Waals surface area contributed by atoms with Crippen molar-refractivity contribution in [1.82, 2.24) is 0 Å². The predicted molar refractivity (Wildman–Crippen MR) is 39.3 cm³/mol. The highest BCUT2D eigenvalue weighted by Crippen LogP contribution is 2.16. The lowest BCUT2D eigenvalue weighted by Gasteiger charge is -1.96. The van der Waals surface area contributed by atoms with Crippen LogP contribution in [-0.2, 0) is 0 Å². The number of nitriles is 1. The van der Waals surface area contributed by atoms with Crippen molar-refractivity contribution in [2.75, 3.05) is 0 Å². The van der Waals surface area contributed by atoms with E-state index in [1.54, 1.807) is 0 Å². The van der Waals surface area contributed by atoms with Crippen molar-refractivity contribution in [2.24, 2.45) is 0 Å². The molecule has 0 rings (SSSR count). The lowest BCUT2D eigenvalue weighted by molar-refractivity contribution is -0.0800. The number of rotatable bonds is 4. The molecule has 0 fully saturated rings. The maximum Gasteiger partial charge on any atom is 0.409 e. The Kier molecular flexibility index (Phi) is 5.18. The Bertz CT molecular complexity index is 176. The number of alkyl halides is 3. The van der Waals surface area contributed by atoms with Crippen LogP contribution < -0.4 is 0 Å². The number of halogens is 3. The van der Waals surface area contributed by atoms with Crippen molar-refractivity contribution in [3.05, 3.63) is 12.2 Å². The van der Waals surface area contributed by atoms with Crippen LogP contribution in [0.25, 0.3) is 0 Å². The largest absolute Gasteiger partial charge is 0.409 e. The molecule has 1 nitrogen and oxygen atoms in total. The lowest BCUT2D eigenvalue weighted by Crippen LogP contribution is -2.00. The zero-order chi connectivity index (χ0) is 9.45. The molecule has 0 bridgehead atoms. The first-order valence-corrected chi connectivity index (χ1v) is 3.67. The van der Waals surface area contributed by atoms with Crippen molar-refractivity contribution >= 4 is 0 Å². The average Bonchev–Trinajstić information content (AvgIpc) is 1.94. The van der Waals surface area contributed by atoms with E-state index in [2.05, 4.69) is 0 Å². The van der Waals surface area contributed by atoms with Gasteiger partial charge < -0.3 is 0 Å². The maximum absolute atomic E-state index is 11.5. The Morgan fingerprint density at radius 1 is 1.25 bits per heavy atom. The Balaban J connectivity index is 3.32. The minimum absolute atomic E-state index is 0.235. The Hall–Kier alpha value is -0.980. The van der Waals surface area contributed by atoms with E-state index >= 15 is 0 Å². The summed E-state index contributed by atoms with van der Waals surface area (Å²) in [6.45, 7) is 0. The standard InChI is InChI=1S/C8H10F3N/c9-8(10,11)6-4-2-1-3-5-7-12/h4,6H,1-3,5H2. The topological polar surface area (TPSA) is 23.8 Å². The summed E-state index contributed by atoms with van der Waals surface area (Å²) in [6.07, 6.45) is -0.758. The normalized spacial score (nSPS) is 11.8. The monoisotopic (exact) mass is 177 g/mol. The molecule has 12 heavy (non-hydrogen) atoms. The van der Waals surface area contributed by atoms with Crippen LogP contribution in [0.15, 0.2) is 12.2 Å². The maximum atomic E-state index is 11.5. The second-order valence-electron chi connectivity index (χ2n) is 2.35. The first kappa shape index (κ1) is 11.0. The molecule has 68 valence electrons. The smallest absolute Gasteiger partial charge is 0.198 e. The highest BCUT2D eigenvalue weighted by molar-refractivity contribution is 4.88. The van der Waals surface area contributed by atoms with E-state index in [1.807, 2.05) is 6.07 Å². The molecular formula is C8H10F3N. The van der Waals surface area contributed by atoms with Crippen LogP contribution in [0.3, 0.4) is 0 Å². The summed E-state index contributed by atoms with van der Waals surface area (Å²) in [5, 5.41) is 8.10. The Morgan fingerprint density at radius 2 is 1.92 bits per heavy atom. The van der Waals surface area contributed by atoms with Crippen molar-refractivity contribution < 1.29 is 13.2 Å². The van der Waals surface area contributed by atoms with Gasteiger partial charge in [0.25, 0.3) is 0 Å². The molecule has 0 aliphatic carbocycles. The first-order chi connectivity index (χ1) is 5.56. The van der Waals surface area contributed by atoms with Gasteiger partial charge in [-0.15, -0.1) is 0 Å². The van der Waals surface area contributed by atoms with E-state index in [1.165, 1.54) is 0 Å². The highest BCUT2D eigenvalue weighted by atomic mass is 19.4. The van der Waals surface area contributed by atoms with E-state index in [0.717, 1.165) is 6.08 Å². The second kappa shape index (κ2) is 5.64. The van der Waals surface area contributed by atoms with Gasteiger partial charge in [0.2, 0.25) is 0 Å². The average molecular weight is 177 g/mol. The van der Waals surface area contributed by atoms with E-state index in [4.69, 9.17) is 5.26 Å². The van der Waals surface area contributed by atoms with Crippen molar-refractivity contribution in [3.8, 4) is 6.07 Å². The minimum atomic E-state index is -4.20. The van der Waals surface area contributed by atoms with Crippen LogP contribution in [0, 0.1) is 11.3 Å². The lowest BCUT2D eigenvalue weighted by atomic mass is 10.2. The van der Waals surface area contributed by atoms with Crippen LogP contribution in [0.4, 0.5) is 13.2 Å². The number of nitrogens with zero attached hydrogens (tertiary/aromatic N) is 1. The molecule has 0 N–H and O–H groups in total. The zero-order valence-electron chi connectivity index (χ0n) is 6.56. The molecule has 0 aromatic heterocycles. The van der Waals surface area contributed by atoms with E-state index in [-0.39, 0.29) is 6.08 Å². The van der Waals surface area contributed by atoms with Crippen LogP contribution >= 0.6 is 0 Å². The first-order valence-electron chi connectivity index (χ1n) is 3.67. The molecule has 0 radical (unpaired) electrons. The molecule has 0 saturated heterocycles. The summed E-state index contributed by atoms with van der Waals surface area (Å²) >= 11 is 0. The number of hydrogen-bond donors (Lipinski definition) is 0. The molecule has 0 aliphatic heterocycles. The summed E-state index contributed by atoms with van der Waals surface area (Å²) in [4.78, 5) is 0. The predicted octanol–water partition coefficient (Wildman–Crippen LogP) is 3.19. The molecule has 0 saturated carbocycles. The second-order valence-corrected chi connectivity index (χ2v) is 2.35. The van der Waals surface area contributed by atoms with Gasteiger partial charge in [0.15, 0.2) is 0 Å². The summed E-state index contributed by atoms with van der Waals surface area (Å²) < 4.78 is 34.5. The van der Waals surface area contributed by atoms with Crippen LogP contribution in [0.2, 0.25) is 0 Å². The molecule has 0 atom stereocenters. The molecule has 0 aromatic rings. The third-order valence-corrected chi connectivity index (χ3v) is 1.22. The van der Waals surface area contributed by atoms with Crippen molar-refractivity contribution in [2.45, 2.75) is 31.9 Å². The molecular weight excluding hydrogens is 167 g/mol. The van der Waals surface area contributed by atoms with Gasteiger partial charge in [0, 0.05) is 12.5 Å². The van der Waals surface area contributed by atoms with Gasteiger partial charge in [0.1, 0.15) is 0 Å². The van der Waals surface area contributed by atoms with Gasteiger partial charge in [0.05, 0.1) is 6.07 Å². The number of unbranched alkanes of at least 4 members (excludes halogenated alkanes) is 3. The molecule has 0 aromatic carbocycles. The minimum Gasteiger partial charge on any atom is -0.198 e. The zero-order valence-corrected chi connectivity index (χ0v) is 6.56. The Morgan fingerprint density at radius 3 is 2.42 bits per heavy atom. The van der Waals surface area contributed by atoms with Gasteiger partial charge in [-0.05, 0) is 19.3 Å². The summed E-state index contributed by atoms with van der Waals surface area (Å²) in [5.74, 6) is 0. The van der Waals surface area contributed by atoms with Crippen LogP contribution in [0.1, 0.15) is 25.7 Å². The van der Waals surface area contributed by atoms with Crippen LogP contribution in [-0.4, -0.2) is 6.18 Å². The Labute approximate surface area is 69.5 Å². The van der Waals surface area contributed by atoms with Gasteiger partial charge in [-0.2, -0.15) is 18.4 Å². The summed E-state index contributed by atoms with van der Waals surface area (Å²) in [5.41, 5.74) is 0. The van der Waals surface area contributed by atoms with E-state index in [9.17, 15) is 13.2 Å². The fraction of sp³-hybridized carbons (Fsp3) is 0.625. The third-order valence-electron chi connectivity index (χ3n) is 1.22. The fourth-order valence-corrected chi connectivity index (χ4v) is 0.683. The van der Waals surface area contributed by atoms with Crippen LogP contribution in [0.5, 0.6) is 0 Å². The van der Waals surface area contributed by atoms with E-state index < -0.39 is 6.18 Å². The van der Waals surface area contributed by atoms with Gasteiger partial charge in [-0.1, -0.05) is 6.08 Å². The highest BCUT2D eigenvalue weighted by Gasteiger charge is 2.21. The van der Waals surface area contributed by atoms with Gasteiger partial charge >= 0.3 is 6.18 Å². The van der Waals surface area contributed by atoms with Crippen molar-refractivity contribution in [3.63, 3.8) is 0 Å². The van der Waals surface area contributed by atoms with Gasteiger partial charge in [-0.25, -0.2) is 0 Å². The third kappa shape index (κ3) is 9.02. The summed E-state index contributed by atoms with van der Waals surface area (Å²) in [7, 11) is 0. The molecule has 4 heteroatoms. The fourth-order valence-electron chi connectivity index (χ4n) is 0.683. The van der Waals surface area contributed by atoms with E-state index in [0.29, 0.717) is 25.7 Å². The number of allylic oxidation sites excluding steroid dienone is 2. The molecule has 0 heterocycles. The SMILES string of the molecule is N#CCCCCC=CC(F)(F)F. The summed E-state index contributed by atoms with van der Waals surface area (Å²) in [6, 6.07) is 1.93. The van der Waals surface area contributed by atoms with Gasteiger partial charge in [-0.3, -0.25) is 0 Å². The molecule has 0 unspecified atom stereocenters. The molecule has 0 spiro atoms. The molecule has 0 amide bonds. The number of hydrogen-bond acceptors (Lipinski definition) is 1.